The largest absolute Gasteiger partial charge is 0.369 e. The SMILES string of the molecule is Fc1ccc(N2CCN(Cc3ccccc3)CC2)cc1. The number of nitrogens with zero attached hydrogens (tertiary/aromatic N) is 2. The normalized spacial score (nSPS) is 16.4. The van der Waals surface area contributed by atoms with Crippen molar-refractivity contribution in [3.8, 4) is 0 Å². The van der Waals surface area contributed by atoms with Crippen LogP contribution in [0, 0.1) is 5.82 Å². The Morgan fingerprint density at radius 2 is 1.45 bits per heavy atom. The van der Waals surface area contributed by atoms with Crippen LogP contribution < -0.4 is 4.90 Å². The smallest absolute Gasteiger partial charge is 0.123 e. The van der Waals surface area contributed by atoms with Gasteiger partial charge in [-0.2, -0.15) is 0 Å². The molecule has 0 aliphatic carbocycles. The van der Waals surface area contributed by atoms with Crippen molar-refractivity contribution < 1.29 is 4.39 Å². The minimum atomic E-state index is -0.170. The van der Waals surface area contributed by atoms with Gasteiger partial charge in [-0.25, -0.2) is 4.39 Å². The summed E-state index contributed by atoms with van der Waals surface area (Å²) in [6.07, 6.45) is 0. The van der Waals surface area contributed by atoms with Crippen molar-refractivity contribution >= 4 is 5.69 Å². The first-order valence-corrected chi connectivity index (χ1v) is 7.08. The molecule has 0 atom stereocenters. The Balaban J connectivity index is 1.55. The average molecular weight is 270 g/mol. The topological polar surface area (TPSA) is 6.48 Å². The minimum absolute atomic E-state index is 0.170. The molecule has 3 rings (SSSR count). The van der Waals surface area contributed by atoms with Gasteiger partial charge in [0.25, 0.3) is 0 Å². The Labute approximate surface area is 119 Å². The molecule has 104 valence electrons. The van der Waals surface area contributed by atoms with Crippen LogP contribution in [0.4, 0.5) is 10.1 Å². The van der Waals surface area contributed by atoms with E-state index in [-0.39, 0.29) is 5.82 Å². The minimum Gasteiger partial charge on any atom is -0.369 e. The molecule has 1 aliphatic rings. The first-order valence-electron chi connectivity index (χ1n) is 7.08. The molecule has 3 heteroatoms. The Morgan fingerprint density at radius 3 is 2.10 bits per heavy atom. The fourth-order valence-corrected chi connectivity index (χ4v) is 2.66. The van der Waals surface area contributed by atoms with Gasteiger partial charge in [0.05, 0.1) is 0 Å². The number of benzene rings is 2. The van der Waals surface area contributed by atoms with Crippen LogP contribution in [0.25, 0.3) is 0 Å². The summed E-state index contributed by atoms with van der Waals surface area (Å²) in [6.45, 7) is 5.10. The standard InChI is InChI=1S/C17H19FN2/c18-16-6-8-17(9-7-16)20-12-10-19(11-13-20)14-15-4-2-1-3-5-15/h1-9H,10-14H2. The van der Waals surface area contributed by atoms with Gasteiger partial charge in [0.15, 0.2) is 0 Å². The highest BCUT2D eigenvalue weighted by molar-refractivity contribution is 5.46. The van der Waals surface area contributed by atoms with Gasteiger partial charge in [-0.1, -0.05) is 30.3 Å². The van der Waals surface area contributed by atoms with E-state index in [1.807, 2.05) is 12.1 Å². The molecule has 2 aromatic rings. The fourth-order valence-electron chi connectivity index (χ4n) is 2.66. The Bertz CT molecular complexity index is 531. The van der Waals surface area contributed by atoms with Gasteiger partial charge in [0.2, 0.25) is 0 Å². The molecular weight excluding hydrogens is 251 g/mol. The van der Waals surface area contributed by atoms with Gasteiger partial charge >= 0.3 is 0 Å². The van der Waals surface area contributed by atoms with Crippen LogP contribution in [0.2, 0.25) is 0 Å². The summed E-state index contributed by atoms with van der Waals surface area (Å²) in [5.74, 6) is -0.170. The second-order valence-corrected chi connectivity index (χ2v) is 5.23. The molecule has 1 fully saturated rings. The molecule has 0 N–H and O–H groups in total. The van der Waals surface area contributed by atoms with Gasteiger partial charge in [-0.15, -0.1) is 0 Å². The zero-order valence-corrected chi connectivity index (χ0v) is 11.5. The Hall–Kier alpha value is -1.87. The van der Waals surface area contributed by atoms with Gasteiger partial charge in [-0.3, -0.25) is 4.90 Å². The highest BCUT2D eigenvalue weighted by Crippen LogP contribution is 2.17. The first-order chi connectivity index (χ1) is 9.81. The molecule has 1 heterocycles. The number of piperazine rings is 1. The molecule has 1 aliphatic heterocycles. The quantitative estimate of drug-likeness (QED) is 0.845. The van der Waals surface area contributed by atoms with Crippen molar-refractivity contribution in [3.05, 3.63) is 66.0 Å². The number of halogens is 1. The molecule has 0 spiro atoms. The van der Waals surface area contributed by atoms with Crippen molar-refractivity contribution in [2.75, 3.05) is 31.1 Å². The third-order valence-electron chi connectivity index (χ3n) is 3.81. The molecule has 2 aromatic carbocycles. The molecule has 1 saturated heterocycles. The van der Waals surface area contributed by atoms with Gasteiger partial charge < -0.3 is 4.90 Å². The molecule has 0 amide bonds. The van der Waals surface area contributed by atoms with Crippen molar-refractivity contribution in [2.45, 2.75) is 6.54 Å². The van der Waals surface area contributed by atoms with Crippen molar-refractivity contribution in [3.63, 3.8) is 0 Å². The summed E-state index contributed by atoms with van der Waals surface area (Å²) >= 11 is 0. The molecule has 20 heavy (non-hydrogen) atoms. The molecule has 0 saturated carbocycles. The Morgan fingerprint density at radius 1 is 0.800 bits per heavy atom. The highest BCUT2D eigenvalue weighted by Gasteiger charge is 2.17. The lowest BCUT2D eigenvalue weighted by molar-refractivity contribution is 0.250. The molecule has 2 nitrogen and oxygen atoms in total. The molecular formula is C17H19FN2. The third kappa shape index (κ3) is 3.17. The van der Waals surface area contributed by atoms with Crippen LogP contribution in [-0.2, 0) is 6.54 Å². The number of hydrogen-bond acceptors (Lipinski definition) is 2. The lowest BCUT2D eigenvalue weighted by atomic mass is 10.2. The number of hydrogen-bond donors (Lipinski definition) is 0. The van der Waals surface area contributed by atoms with Crippen molar-refractivity contribution in [2.24, 2.45) is 0 Å². The van der Waals surface area contributed by atoms with Gasteiger partial charge in [0, 0.05) is 38.4 Å². The summed E-state index contributed by atoms with van der Waals surface area (Å²) in [5.41, 5.74) is 2.48. The average Bonchev–Trinajstić information content (AvgIpc) is 2.50. The van der Waals surface area contributed by atoms with Crippen LogP contribution in [0.15, 0.2) is 54.6 Å². The van der Waals surface area contributed by atoms with E-state index in [2.05, 4.69) is 40.1 Å². The van der Waals surface area contributed by atoms with E-state index in [1.165, 1.54) is 17.7 Å². The molecule has 0 radical (unpaired) electrons. The van der Waals surface area contributed by atoms with E-state index in [1.54, 1.807) is 0 Å². The monoisotopic (exact) mass is 270 g/mol. The summed E-state index contributed by atoms with van der Waals surface area (Å²) in [6, 6.07) is 17.4. The lowest BCUT2D eigenvalue weighted by Gasteiger charge is -2.36. The summed E-state index contributed by atoms with van der Waals surface area (Å²) in [4.78, 5) is 4.79. The van der Waals surface area contributed by atoms with Crippen molar-refractivity contribution in [1.82, 2.24) is 4.90 Å². The second kappa shape index (κ2) is 6.06. The van der Waals surface area contributed by atoms with Crippen molar-refractivity contribution in [1.29, 1.82) is 0 Å². The summed E-state index contributed by atoms with van der Waals surface area (Å²) in [7, 11) is 0. The first kappa shape index (κ1) is 13.1. The maximum Gasteiger partial charge on any atom is 0.123 e. The zero-order chi connectivity index (χ0) is 13.8. The zero-order valence-electron chi connectivity index (χ0n) is 11.5. The molecule has 0 bridgehead atoms. The van der Waals surface area contributed by atoms with E-state index >= 15 is 0 Å². The van der Waals surface area contributed by atoms with Crippen LogP contribution in [0.1, 0.15) is 5.56 Å². The molecule has 0 aromatic heterocycles. The maximum absolute atomic E-state index is 12.9. The predicted molar refractivity (Wildman–Crippen MR) is 80.3 cm³/mol. The second-order valence-electron chi connectivity index (χ2n) is 5.23. The number of rotatable bonds is 3. The van der Waals surface area contributed by atoms with E-state index < -0.39 is 0 Å². The van der Waals surface area contributed by atoms with E-state index in [9.17, 15) is 4.39 Å². The lowest BCUT2D eigenvalue weighted by Crippen LogP contribution is -2.45. The van der Waals surface area contributed by atoms with Gasteiger partial charge in [0.1, 0.15) is 5.82 Å². The van der Waals surface area contributed by atoms with Crippen LogP contribution >= 0.6 is 0 Å². The maximum atomic E-state index is 12.9. The summed E-state index contributed by atoms with van der Waals surface area (Å²) < 4.78 is 12.9. The van der Waals surface area contributed by atoms with Crippen LogP contribution in [0.5, 0.6) is 0 Å². The van der Waals surface area contributed by atoms with Gasteiger partial charge in [-0.05, 0) is 29.8 Å². The summed E-state index contributed by atoms with van der Waals surface area (Å²) in [5, 5.41) is 0. The number of anilines is 1. The van der Waals surface area contributed by atoms with Crippen LogP contribution in [-0.4, -0.2) is 31.1 Å². The highest BCUT2D eigenvalue weighted by atomic mass is 19.1. The van der Waals surface area contributed by atoms with E-state index in [0.29, 0.717) is 0 Å². The van der Waals surface area contributed by atoms with E-state index in [4.69, 9.17) is 0 Å². The van der Waals surface area contributed by atoms with Crippen LogP contribution in [0.3, 0.4) is 0 Å². The third-order valence-corrected chi connectivity index (χ3v) is 3.81. The fraction of sp³-hybridized carbons (Fsp3) is 0.294. The van der Waals surface area contributed by atoms with E-state index in [0.717, 1.165) is 38.4 Å². The Kier molecular flexibility index (Phi) is 3.97. The predicted octanol–water partition coefficient (Wildman–Crippen LogP) is 3.15. The molecule has 0 unspecified atom stereocenters.